The van der Waals surface area contributed by atoms with Gasteiger partial charge < -0.3 is 9.52 Å². The highest BCUT2D eigenvalue weighted by atomic mass is 16.4. The Bertz CT molecular complexity index is 1300. The molecule has 0 unspecified atom stereocenters. The molecule has 4 aromatic rings. The van der Waals surface area contributed by atoms with E-state index < -0.39 is 17.2 Å². The number of benzene rings is 2. The molecule has 0 radical (unpaired) electrons. The zero-order valence-electron chi connectivity index (χ0n) is 16.9. The van der Waals surface area contributed by atoms with E-state index >= 15 is 0 Å². The number of hydrogen-bond acceptors (Lipinski definition) is 5. The average Bonchev–Trinajstić information content (AvgIpc) is 3.15. The second-order valence-electron chi connectivity index (χ2n) is 7.08. The lowest BCUT2D eigenvalue weighted by molar-refractivity contribution is 0.104. The maximum absolute atomic E-state index is 12.6. The highest BCUT2D eigenvalue weighted by Crippen LogP contribution is 2.24. The van der Waals surface area contributed by atoms with Crippen LogP contribution in [0.5, 0.6) is 5.75 Å². The number of aromatic hydroxyl groups is 1. The van der Waals surface area contributed by atoms with E-state index in [0.717, 1.165) is 11.1 Å². The number of nitrogens with zero attached hydrogens (tertiary/aromatic N) is 2. The number of aromatic nitrogens is 2. The van der Waals surface area contributed by atoms with Gasteiger partial charge in [0, 0.05) is 23.4 Å². The van der Waals surface area contributed by atoms with Crippen LogP contribution in [0.1, 0.15) is 27.2 Å². The molecule has 0 atom stereocenters. The summed E-state index contributed by atoms with van der Waals surface area (Å²) >= 11 is 0. The molecule has 0 saturated carbocycles. The first-order chi connectivity index (χ1) is 15.0. The fourth-order valence-corrected chi connectivity index (χ4v) is 3.30. The van der Waals surface area contributed by atoms with E-state index in [-0.39, 0.29) is 11.3 Å². The van der Waals surface area contributed by atoms with Crippen molar-refractivity contribution < 1.29 is 14.3 Å². The monoisotopic (exact) mass is 412 g/mol. The second-order valence-corrected chi connectivity index (χ2v) is 7.08. The van der Waals surface area contributed by atoms with E-state index in [4.69, 9.17) is 9.52 Å². The molecule has 4 rings (SSSR count). The van der Waals surface area contributed by atoms with E-state index in [1.807, 2.05) is 66.9 Å². The predicted molar refractivity (Wildman–Crippen MR) is 118 cm³/mol. The number of aryl methyl sites for hydroxylation is 1. The minimum Gasteiger partial charge on any atom is -0.507 e. The van der Waals surface area contributed by atoms with Gasteiger partial charge in [-0.2, -0.15) is 5.10 Å². The first-order valence-electron chi connectivity index (χ1n) is 9.74. The fraction of sp³-hybridized carbons (Fsp3) is 0.0800. The van der Waals surface area contributed by atoms with Gasteiger partial charge >= 0.3 is 5.63 Å². The van der Waals surface area contributed by atoms with E-state index in [1.165, 1.54) is 19.1 Å². The van der Waals surface area contributed by atoms with Gasteiger partial charge in [-0.3, -0.25) is 9.48 Å². The number of rotatable bonds is 6. The van der Waals surface area contributed by atoms with Crippen molar-refractivity contribution in [1.29, 1.82) is 0 Å². The smallest absolute Gasteiger partial charge is 0.351 e. The zero-order valence-corrected chi connectivity index (χ0v) is 16.9. The summed E-state index contributed by atoms with van der Waals surface area (Å²) in [7, 11) is 0. The van der Waals surface area contributed by atoms with Gasteiger partial charge in [-0.15, -0.1) is 0 Å². The second kappa shape index (κ2) is 8.67. The molecule has 1 N–H and O–H groups in total. The summed E-state index contributed by atoms with van der Waals surface area (Å²) in [5.74, 6) is -0.802. The van der Waals surface area contributed by atoms with Crippen molar-refractivity contribution in [1.82, 2.24) is 9.78 Å². The highest BCUT2D eigenvalue weighted by molar-refractivity contribution is 6.08. The maximum Gasteiger partial charge on any atom is 0.351 e. The van der Waals surface area contributed by atoms with Crippen molar-refractivity contribution in [2.24, 2.45) is 0 Å². The Hall–Kier alpha value is -4.19. The van der Waals surface area contributed by atoms with Crippen molar-refractivity contribution >= 4 is 11.9 Å². The van der Waals surface area contributed by atoms with E-state index in [2.05, 4.69) is 0 Å². The topological polar surface area (TPSA) is 85.3 Å². The van der Waals surface area contributed by atoms with Gasteiger partial charge in [0.2, 0.25) is 0 Å². The van der Waals surface area contributed by atoms with Crippen molar-refractivity contribution in [3.63, 3.8) is 0 Å². The summed E-state index contributed by atoms with van der Waals surface area (Å²) < 4.78 is 6.74. The van der Waals surface area contributed by atoms with Crippen LogP contribution in [-0.4, -0.2) is 20.7 Å². The molecule has 6 heteroatoms. The Morgan fingerprint density at radius 1 is 1.10 bits per heavy atom. The first kappa shape index (κ1) is 20.1. The van der Waals surface area contributed by atoms with Crippen LogP contribution < -0.4 is 5.63 Å². The first-order valence-corrected chi connectivity index (χ1v) is 9.74. The molecule has 0 aliphatic rings. The third-order valence-corrected chi connectivity index (χ3v) is 4.74. The number of allylic oxidation sites excluding steroid dienone is 1. The number of carbonyl (C=O) groups is 1. The Morgan fingerprint density at radius 3 is 2.45 bits per heavy atom. The van der Waals surface area contributed by atoms with Gasteiger partial charge in [-0.05, 0) is 24.6 Å². The summed E-state index contributed by atoms with van der Waals surface area (Å²) in [6, 6.07) is 20.8. The van der Waals surface area contributed by atoms with Crippen LogP contribution in [0.3, 0.4) is 0 Å². The lowest BCUT2D eigenvalue weighted by Crippen LogP contribution is -2.12. The summed E-state index contributed by atoms with van der Waals surface area (Å²) in [5, 5.41) is 14.7. The van der Waals surface area contributed by atoms with Crippen LogP contribution in [0.2, 0.25) is 0 Å². The molecule has 0 bridgehead atoms. The normalized spacial score (nSPS) is 11.1. The van der Waals surface area contributed by atoms with Gasteiger partial charge in [0.15, 0.2) is 5.78 Å². The van der Waals surface area contributed by atoms with Crippen LogP contribution >= 0.6 is 0 Å². The third-order valence-electron chi connectivity index (χ3n) is 4.74. The largest absolute Gasteiger partial charge is 0.507 e. The number of ketones is 1. The van der Waals surface area contributed by atoms with Gasteiger partial charge in [0.05, 0.1) is 12.2 Å². The van der Waals surface area contributed by atoms with Crippen LogP contribution in [-0.2, 0) is 6.54 Å². The Balaban J connectivity index is 1.70. The third kappa shape index (κ3) is 4.53. The molecule has 6 nitrogen and oxygen atoms in total. The SMILES string of the molecule is Cc1cc(O)c(C(=O)/C=C/c2cn(Cc3ccccc3)nc2-c2ccccc2)c(=O)o1. The molecule has 2 aromatic carbocycles. The fourth-order valence-electron chi connectivity index (χ4n) is 3.30. The summed E-state index contributed by atoms with van der Waals surface area (Å²) in [4.78, 5) is 24.6. The number of hydrogen-bond donors (Lipinski definition) is 1. The zero-order chi connectivity index (χ0) is 21.8. The molecule has 0 aliphatic heterocycles. The number of carbonyl (C=O) groups excluding carboxylic acids is 1. The molecule has 0 saturated heterocycles. The molecule has 154 valence electrons. The van der Waals surface area contributed by atoms with Crippen molar-refractivity contribution in [3.05, 3.63) is 112 Å². The Labute approximate surface area is 178 Å². The molecule has 0 amide bonds. The van der Waals surface area contributed by atoms with E-state index in [9.17, 15) is 14.7 Å². The quantitative estimate of drug-likeness (QED) is 0.373. The lowest BCUT2D eigenvalue weighted by Gasteiger charge is -2.01. The minimum atomic E-state index is -0.866. The molecular weight excluding hydrogens is 392 g/mol. The average molecular weight is 412 g/mol. The van der Waals surface area contributed by atoms with Gasteiger partial charge in [0.1, 0.15) is 17.1 Å². The Morgan fingerprint density at radius 2 is 1.77 bits per heavy atom. The van der Waals surface area contributed by atoms with Gasteiger partial charge in [0.25, 0.3) is 0 Å². The van der Waals surface area contributed by atoms with Crippen LogP contribution in [0.4, 0.5) is 0 Å². The standard InChI is InChI=1S/C25H20N2O4/c1-17-14-22(29)23(25(30)31-17)21(28)13-12-20-16-27(15-18-8-4-2-5-9-18)26-24(20)19-10-6-3-7-11-19/h2-14,16,29H,15H2,1H3/b13-12+. The van der Waals surface area contributed by atoms with E-state index in [0.29, 0.717) is 17.8 Å². The molecule has 0 aliphatic carbocycles. The summed E-state index contributed by atoms with van der Waals surface area (Å²) in [5.41, 5.74) is 2.17. The lowest BCUT2D eigenvalue weighted by atomic mass is 10.1. The van der Waals surface area contributed by atoms with E-state index in [1.54, 1.807) is 10.8 Å². The van der Waals surface area contributed by atoms with Crippen molar-refractivity contribution in [3.8, 4) is 17.0 Å². The molecule has 31 heavy (non-hydrogen) atoms. The molecule has 0 spiro atoms. The summed E-state index contributed by atoms with van der Waals surface area (Å²) in [6.45, 7) is 2.10. The molecule has 0 fully saturated rings. The maximum atomic E-state index is 12.6. The highest BCUT2D eigenvalue weighted by Gasteiger charge is 2.17. The van der Waals surface area contributed by atoms with Gasteiger partial charge in [-0.1, -0.05) is 60.7 Å². The molecule has 2 aromatic heterocycles. The summed E-state index contributed by atoms with van der Waals surface area (Å²) in [6.07, 6.45) is 4.69. The van der Waals surface area contributed by atoms with Crippen molar-refractivity contribution in [2.75, 3.05) is 0 Å². The predicted octanol–water partition coefficient (Wildman–Crippen LogP) is 4.46. The molecular formula is C25H20N2O4. The van der Waals surface area contributed by atoms with Crippen LogP contribution in [0.25, 0.3) is 17.3 Å². The van der Waals surface area contributed by atoms with Crippen LogP contribution in [0, 0.1) is 6.92 Å². The van der Waals surface area contributed by atoms with Crippen molar-refractivity contribution in [2.45, 2.75) is 13.5 Å². The van der Waals surface area contributed by atoms with Crippen LogP contribution in [0.15, 0.2) is 88.2 Å². The molecule has 2 heterocycles. The van der Waals surface area contributed by atoms with Gasteiger partial charge in [-0.25, -0.2) is 4.79 Å². The Kier molecular flexibility index (Phi) is 5.62. The minimum absolute atomic E-state index is 0.233.